The van der Waals surface area contributed by atoms with Crippen LogP contribution in [0.3, 0.4) is 0 Å². The number of aliphatic carboxylic acids is 1. The molecule has 0 bridgehead atoms. The van der Waals surface area contributed by atoms with Crippen LogP contribution < -0.4 is 4.90 Å². The fraction of sp³-hybridized carbons (Fsp3) is 0.467. The summed E-state index contributed by atoms with van der Waals surface area (Å²) in [5.41, 5.74) is 2.83. The molecule has 4 heteroatoms. The Hall–Kier alpha value is -2.02. The third kappa shape index (κ3) is 3.05. The van der Waals surface area contributed by atoms with E-state index < -0.39 is 5.97 Å². The first-order valence-corrected chi connectivity index (χ1v) is 6.58. The van der Waals surface area contributed by atoms with E-state index in [1.807, 2.05) is 25.1 Å². The predicted molar refractivity (Wildman–Crippen MR) is 73.1 cm³/mol. The Bertz CT molecular complexity index is 511. The number of para-hydroxylation sites is 1. The summed E-state index contributed by atoms with van der Waals surface area (Å²) >= 11 is 0. The van der Waals surface area contributed by atoms with Crippen LogP contribution in [-0.2, 0) is 4.79 Å². The number of nitriles is 1. The molecular weight excluding hydrogens is 240 g/mol. The quantitative estimate of drug-likeness (QED) is 0.905. The Labute approximate surface area is 113 Å². The average molecular weight is 258 g/mol. The van der Waals surface area contributed by atoms with Crippen LogP contribution in [0.2, 0.25) is 0 Å². The van der Waals surface area contributed by atoms with Gasteiger partial charge in [0, 0.05) is 19.5 Å². The maximum absolute atomic E-state index is 10.7. The number of benzene rings is 1. The van der Waals surface area contributed by atoms with Gasteiger partial charge in [-0.1, -0.05) is 12.1 Å². The summed E-state index contributed by atoms with van der Waals surface area (Å²) in [6, 6.07) is 7.99. The SMILES string of the molecule is Cc1cccc(C#N)c1N1CCC(CC(=O)O)CC1. The summed E-state index contributed by atoms with van der Waals surface area (Å²) in [7, 11) is 0. The number of aryl methyl sites for hydroxylation is 1. The molecule has 0 unspecified atom stereocenters. The lowest BCUT2D eigenvalue weighted by Crippen LogP contribution is -2.35. The molecule has 0 spiro atoms. The monoisotopic (exact) mass is 258 g/mol. The first-order chi connectivity index (χ1) is 9.11. The Morgan fingerprint density at radius 2 is 2.16 bits per heavy atom. The van der Waals surface area contributed by atoms with Gasteiger partial charge >= 0.3 is 5.97 Å². The van der Waals surface area contributed by atoms with Crippen LogP contribution >= 0.6 is 0 Å². The van der Waals surface area contributed by atoms with Crippen LogP contribution in [0.1, 0.15) is 30.4 Å². The Morgan fingerprint density at radius 3 is 2.74 bits per heavy atom. The minimum absolute atomic E-state index is 0.257. The van der Waals surface area contributed by atoms with Crippen molar-refractivity contribution in [1.29, 1.82) is 5.26 Å². The molecule has 4 nitrogen and oxygen atoms in total. The number of hydrogen-bond acceptors (Lipinski definition) is 3. The van der Waals surface area contributed by atoms with Crippen molar-refractivity contribution in [2.75, 3.05) is 18.0 Å². The van der Waals surface area contributed by atoms with Crippen LogP contribution in [-0.4, -0.2) is 24.2 Å². The van der Waals surface area contributed by atoms with Gasteiger partial charge in [-0.15, -0.1) is 0 Å². The highest BCUT2D eigenvalue weighted by Gasteiger charge is 2.23. The number of piperidine rings is 1. The smallest absolute Gasteiger partial charge is 0.303 e. The van der Waals surface area contributed by atoms with Crippen molar-refractivity contribution in [3.05, 3.63) is 29.3 Å². The van der Waals surface area contributed by atoms with Gasteiger partial charge in [0.05, 0.1) is 11.3 Å². The highest BCUT2D eigenvalue weighted by molar-refractivity contribution is 5.67. The molecule has 1 fully saturated rings. The summed E-state index contributed by atoms with van der Waals surface area (Å²) in [5.74, 6) is -0.449. The van der Waals surface area contributed by atoms with Crippen LogP contribution in [0.4, 0.5) is 5.69 Å². The lowest BCUT2D eigenvalue weighted by molar-refractivity contribution is -0.138. The molecule has 2 rings (SSSR count). The van der Waals surface area contributed by atoms with Gasteiger partial charge in [0.1, 0.15) is 6.07 Å². The molecule has 1 heterocycles. The van der Waals surface area contributed by atoms with Gasteiger partial charge in [-0.3, -0.25) is 4.79 Å². The van der Waals surface area contributed by atoms with E-state index in [1.165, 1.54) is 0 Å². The molecule has 0 saturated carbocycles. The van der Waals surface area contributed by atoms with Crippen molar-refractivity contribution >= 4 is 11.7 Å². The summed E-state index contributed by atoms with van der Waals surface area (Å²) in [4.78, 5) is 12.9. The number of carboxylic acids is 1. The van der Waals surface area contributed by atoms with Crippen LogP contribution in [0, 0.1) is 24.2 Å². The average Bonchev–Trinajstić information content (AvgIpc) is 2.39. The summed E-state index contributed by atoms with van der Waals surface area (Å²) in [5, 5.41) is 18.0. The van der Waals surface area contributed by atoms with E-state index >= 15 is 0 Å². The number of carbonyl (C=O) groups is 1. The highest BCUT2D eigenvalue weighted by atomic mass is 16.4. The molecule has 1 aliphatic heterocycles. The number of carboxylic acid groups (broad SMARTS) is 1. The van der Waals surface area contributed by atoms with Crippen molar-refractivity contribution in [2.45, 2.75) is 26.2 Å². The van der Waals surface area contributed by atoms with E-state index in [4.69, 9.17) is 5.11 Å². The Kier molecular flexibility index (Phi) is 4.06. The molecule has 0 amide bonds. The molecule has 1 aromatic carbocycles. The highest BCUT2D eigenvalue weighted by Crippen LogP contribution is 2.30. The lowest BCUT2D eigenvalue weighted by Gasteiger charge is -2.34. The van der Waals surface area contributed by atoms with Crippen molar-refractivity contribution < 1.29 is 9.90 Å². The van der Waals surface area contributed by atoms with E-state index in [0.717, 1.165) is 37.2 Å². The number of anilines is 1. The standard InChI is InChI=1S/C15H18N2O2/c1-11-3-2-4-13(10-16)15(11)17-7-5-12(6-8-17)9-14(18)19/h2-4,12H,5-9H2,1H3,(H,18,19). The van der Waals surface area contributed by atoms with Crippen molar-refractivity contribution in [3.8, 4) is 6.07 Å². The van der Waals surface area contributed by atoms with Crippen molar-refractivity contribution in [3.63, 3.8) is 0 Å². The van der Waals surface area contributed by atoms with Crippen LogP contribution in [0.5, 0.6) is 0 Å². The maximum atomic E-state index is 10.7. The normalized spacial score (nSPS) is 16.1. The molecule has 1 aliphatic rings. The molecule has 0 radical (unpaired) electrons. The Balaban J connectivity index is 2.10. The van der Waals surface area contributed by atoms with Gasteiger partial charge < -0.3 is 10.0 Å². The number of rotatable bonds is 3. The second kappa shape index (κ2) is 5.75. The van der Waals surface area contributed by atoms with Gasteiger partial charge in [-0.05, 0) is 37.3 Å². The second-order valence-electron chi connectivity index (χ2n) is 5.11. The largest absolute Gasteiger partial charge is 0.481 e. The van der Waals surface area contributed by atoms with Crippen molar-refractivity contribution in [2.24, 2.45) is 5.92 Å². The van der Waals surface area contributed by atoms with Gasteiger partial charge in [-0.2, -0.15) is 5.26 Å². The van der Waals surface area contributed by atoms with Gasteiger partial charge in [-0.25, -0.2) is 0 Å². The third-order valence-electron chi connectivity index (χ3n) is 3.75. The Morgan fingerprint density at radius 1 is 1.47 bits per heavy atom. The molecule has 19 heavy (non-hydrogen) atoms. The second-order valence-corrected chi connectivity index (χ2v) is 5.11. The first-order valence-electron chi connectivity index (χ1n) is 6.58. The summed E-state index contributed by atoms with van der Waals surface area (Å²) in [6.07, 6.45) is 2.02. The van der Waals surface area contributed by atoms with Gasteiger partial charge in [0.15, 0.2) is 0 Å². The molecule has 100 valence electrons. The van der Waals surface area contributed by atoms with Crippen LogP contribution in [0.25, 0.3) is 0 Å². The number of hydrogen-bond donors (Lipinski definition) is 1. The minimum Gasteiger partial charge on any atom is -0.481 e. The maximum Gasteiger partial charge on any atom is 0.303 e. The zero-order valence-electron chi connectivity index (χ0n) is 11.1. The van der Waals surface area contributed by atoms with Crippen molar-refractivity contribution in [1.82, 2.24) is 0 Å². The van der Waals surface area contributed by atoms with E-state index in [-0.39, 0.29) is 12.3 Å². The third-order valence-corrected chi connectivity index (χ3v) is 3.75. The fourth-order valence-electron chi connectivity index (χ4n) is 2.78. The molecule has 0 aliphatic carbocycles. The molecule has 0 atom stereocenters. The van der Waals surface area contributed by atoms with E-state index in [0.29, 0.717) is 5.56 Å². The molecule has 1 N–H and O–H groups in total. The lowest BCUT2D eigenvalue weighted by atomic mass is 9.92. The van der Waals surface area contributed by atoms with Crippen LogP contribution in [0.15, 0.2) is 18.2 Å². The molecular formula is C15H18N2O2. The van der Waals surface area contributed by atoms with E-state index in [2.05, 4.69) is 11.0 Å². The predicted octanol–water partition coefficient (Wildman–Crippen LogP) is 2.56. The summed E-state index contributed by atoms with van der Waals surface area (Å²) < 4.78 is 0. The number of nitrogens with zero attached hydrogens (tertiary/aromatic N) is 2. The van der Waals surface area contributed by atoms with E-state index in [9.17, 15) is 10.1 Å². The molecule has 0 aromatic heterocycles. The summed E-state index contributed by atoms with van der Waals surface area (Å²) in [6.45, 7) is 3.68. The van der Waals surface area contributed by atoms with Gasteiger partial charge in [0.2, 0.25) is 0 Å². The zero-order chi connectivity index (χ0) is 13.8. The molecule has 1 aromatic rings. The van der Waals surface area contributed by atoms with Gasteiger partial charge in [0.25, 0.3) is 0 Å². The fourth-order valence-corrected chi connectivity index (χ4v) is 2.78. The van der Waals surface area contributed by atoms with E-state index in [1.54, 1.807) is 0 Å². The topological polar surface area (TPSA) is 64.3 Å². The minimum atomic E-state index is -0.716. The molecule has 1 saturated heterocycles. The first kappa shape index (κ1) is 13.4. The zero-order valence-corrected chi connectivity index (χ0v) is 11.1.